The summed E-state index contributed by atoms with van der Waals surface area (Å²) in [6.45, 7) is 6.20. The molecule has 0 bridgehead atoms. The number of H-pyrrole nitrogens is 1. The Labute approximate surface area is 310 Å². The van der Waals surface area contributed by atoms with Gasteiger partial charge in [0, 0.05) is 45.7 Å². The number of aliphatic hydroxyl groups is 4. The minimum atomic E-state index is -1.32. The molecule has 0 saturated heterocycles. The fourth-order valence-electron chi connectivity index (χ4n) is 6.39. The number of hydrogen-bond donors (Lipinski definition) is 10. The van der Waals surface area contributed by atoms with Gasteiger partial charge in [0.2, 0.25) is 5.91 Å². The number of phenolic OH excluding ortho intramolecular Hbond substituents is 1. The third-order valence-corrected chi connectivity index (χ3v) is 9.65. The van der Waals surface area contributed by atoms with Crippen molar-refractivity contribution in [3.8, 4) is 5.75 Å². The third kappa shape index (κ3) is 9.49. The maximum Gasteiger partial charge on any atom is 0.309 e. The van der Waals surface area contributed by atoms with Crippen LogP contribution in [-0.4, -0.2) is 72.7 Å². The number of para-hydroxylation sites is 1. The van der Waals surface area contributed by atoms with E-state index in [-0.39, 0.29) is 43.6 Å². The van der Waals surface area contributed by atoms with Crippen molar-refractivity contribution in [2.75, 3.05) is 18.4 Å². The number of aromatic amines is 1. The molecule has 10 N–H and O–H groups in total. The molecular formula is C38H46BrN5O8. The molecule has 1 aliphatic heterocycles. The number of amides is 1. The lowest BCUT2D eigenvalue weighted by atomic mass is 9.82. The molecular weight excluding hydrogens is 734 g/mol. The molecule has 1 aliphatic rings. The number of rotatable bonds is 13. The fourth-order valence-corrected chi connectivity index (χ4v) is 6.90. The average molecular weight is 781 g/mol. The maximum atomic E-state index is 13.6. The first-order valence-electron chi connectivity index (χ1n) is 17.1. The van der Waals surface area contributed by atoms with E-state index in [1.54, 1.807) is 30.3 Å². The molecule has 0 radical (unpaired) electrons. The van der Waals surface area contributed by atoms with Crippen molar-refractivity contribution in [3.63, 3.8) is 0 Å². The van der Waals surface area contributed by atoms with E-state index in [0.717, 1.165) is 5.56 Å². The zero-order chi connectivity index (χ0) is 37.7. The number of anilines is 1. The molecule has 1 aromatic heterocycles. The number of aromatic nitrogens is 1. The number of aromatic hydroxyl groups is 1. The van der Waals surface area contributed by atoms with Gasteiger partial charge in [0.25, 0.3) is 0 Å². The smallest absolute Gasteiger partial charge is 0.309 e. The van der Waals surface area contributed by atoms with Crippen molar-refractivity contribution < 1.29 is 40.2 Å². The van der Waals surface area contributed by atoms with E-state index >= 15 is 0 Å². The van der Waals surface area contributed by atoms with Gasteiger partial charge in [-0.25, -0.2) is 0 Å². The number of guanidine groups is 1. The van der Waals surface area contributed by atoms with Crippen molar-refractivity contribution in [2.24, 2.45) is 10.9 Å². The molecule has 4 unspecified atom stereocenters. The van der Waals surface area contributed by atoms with Crippen LogP contribution in [0.4, 0.5) is 5.69 Å². The van der Waals surface area contributed by atoms with Crippen molar-refractivity contribution in [1.82, 2.24) is 15.6 Å². The van der Waals surface area contributed by atoms with Gasteiger partial charge >= 0.3 is 5.97 Å². The van der Waals surface area contributed by atoms with Crippen molar-refractivity contribution in [2.45, 2.75) is 76.4 Å². The molecule has 0 fully saturated rings. The highest BCUT2D eigenvalue weighted by atomic mass is 79.9. The SMILES string of the molecule is CC(C)(C)c1cc(Br)cc(C(NC(=O)CCC(O)c2cc(O)cc(NC3=NCC(O)CN3)c2)[C@H](CC(O)c2[nH]c3ccccc3c2CO)C(=O)O)c1. The van der Waals surface area contributed by atoms with Gasteiger partial charge in [-0.2, -0.15) is 0 Å². The van der Waals surface area contributed by atoms with Gasteiger partial charge in [-0.05, 0) is 65.3 Å². The fraction of sp³-hybridized carbons (Fsp3) is 0.395. The Morgan fingerprint density at radius 2 is 1.79 bits per heavy atom. The zero-order valence-corrected chi connectivity index (χ0v) is 30.8. The number of phenols is 1. The third-order valence-electron chi connectivity index (χ3n) is 9.19. The summed E-state index contributed by atoms with van der Waals surface area (Å²) in [6, 6.07) is 16.1. The van der Waals surface area contributed by atoms with Crippen LogP contribution >= 0.6 is 15.9 Å². The minimum absolute atomic E-state index is 0.0478. The second-order valence-electron chi connectivity index (χ2n) is 14.2. The van der Waals surface area contributed by atoms with Crippen molar-refractivity contribution >= 4 is 50.4 Å². The molecule has 14 heteroatoms. The molecule has 0 saturated carbocycles. The Morgan fingerprint density at radius 1 is 1.04 bits per heavy atom. The highest BCUT2D eigenvalue weighted by Gasteiger charge is 2.35. The van der Waals surface area contributed by atoms with Crippen molar-refractivity contribution in [1.29, 1.82) is 0 Å². The zero-order valence-electron chi connectivity index (χ0n) is 29.2. The van der Waals surface area contributed by atoms with Crippen molar-refractivity contribution in [3.05, 3.63) is 93.1 Å². The molecule has 0 spiro atoms. The molecule has 52 heavy (non-hydrogen) atoms. The summed E-state index contributed by atoms with van der Waals surface area (Å²) < 4.78 is 0.686. The van der Waals surface area contributed by atoms with Gasteiger partial charge in [0.15, 0.2) is 5.96 Å². The first kappa shape index (κ1) is 38.8. The first-order chi connectivity index (χ1) is 24.6. The Balaban J connectivity index is 1.38. The largest absolute Gasteiger partial charge is 0.508 e. The number of aliphatic carboxylic acids is 1. The summed E-state index contributed by atoms with van der Waals surface area (Å²) in [5, 5.41) is 72.9. The van der Waals surface area contributed by atoms with E-state index in [4.69, 9.17) is 0 Å². The molecule has 1 amide bonds. The Kier molecular flexibility index (Phi) is 12.3. The van der Waals surface area contributed by atoms with Crippen LogP contribution in [0.25, 0.3) is 10.9 Å². The summed E-state index contributed by atoms with van der Waals surface area (Å²) in [7, 11) is 0. The highest BCUT2D eigenvalue weighted by Crippen LogP contribution is 2.37. The van der Waals surface area contributed by atoms with E-state index in [2.05, 4.69) is 41.9 Å². The standard InChI is InChI=1S/C38H46BrN5O8/c1-38(2,3)22-10-21(11-23(39)14-22)34(28(36(51)52)16-32(49)35-29(19-45)27-6-4-5-7-30(27)43-35)44-33(50)9-8-31(48)20-12-24(15-25(46)13-20)42-37-40-17-26(47)18-41-37/h4-7,10-15,26,28,31-32,34,43,45-49H,8-9,16-19H2,1-3H3,(H,44,50)(H,51,52)(H2,40,41,42)/t28-,31?,32?,34?/m0/s1. The predicted molar refractivity (Wildman–Crippen MR) is 201 cm³/mol. The van der Waals surface area contributed by atoms with Crippen LogP contribution in [-0.2, 0) is 21.6 Å². The topological polar surface area (TPSA) is 220 Å². The number of carbonyl (C=O) groups excluding carboxylic acids is 1. The van der Waals surface area contributed by atoms with Crippen LogP contribution in [0.3, 0.4) is 0 Å². The molecule has 5 atom stereocenters. The lowest BCUT2D eigenvalue weighted by Crippen LogP contribution is -2.42. The quantitative estimate of drug-likeness (QED) is 0.0905. The number of fused-ring (bicyclic) bond motifs is 1. The molecule has 13 nitrogen and oxygen atoms in total. The summed E-state index contributed by atoms with van der Waals surface area (Å²) >= 11 is 3.55. The Morgan fingerprint density at radius 3 is 2.46 bits per heavy atom. The lowest BCUT2D eigenvalue weighted by Gasteiger charge is -2.29. The van der Waals surface area contributed by atoms with E-state index < -0.39 is 42.1 Å². The minimum Gasteiger partial charge on any atom is -0.508 e. The van der Waals surface area contributed by atoms with Crippen LogP contribution in [0.1, 0.15) is 86.2 Å². The number of aliphatic hydroxyl groups excluding tert-OH is 4. The summed E-state index contributed by atoms with van der Waals surface area (Å²) in [5.41, 5.74) is 3.33. The number of carboxylic acid groups (broad SMARTS) is 1. The van der Waals surface area contributed by atoms with Crippen LogP contribution in [0, 0.1) is 5.92 Å². The van der Waals surface area contributed by atoms with Crippen LogP contribution in [0.15, 0.2) is 70.1 Å². The molecule has 278 valence electrons. The van der Waals surface area contributed by atoms with Gasteiger partial charge in [0.1, 0.15) is 5.75 Å². The predicted octanol–water partition coefficient (Wildman–Crippen LogP) is 4.65. The molecule has 3 aromatic carbocycles. The van der Waals surface area contributed by atoms with E-state index in [9.17, 15) is 40.2 Å². The van der Waals surface area contributed by atoms with Gasteiger partial charge in [-0.15, -0.1) is 0 Å². The second-order valence-corrected chi connectivity index (χ2v) is 15.1. The highest BCUT2D eigenvalue weighted by molar-refractivity contribution is 9.10. The van der Waals surface area contributed by atoms with Crippen LogP contribution < -0.4 is 16.0 Å². The van der Waals surface area contributed by atoms with Gasteiger partial charge < -0.3 is 51.6 Å². The number of halogens is 1. The average Bonchev–Trinajstić information content (AvgIpc) is 3.47. The first-order valence-corrected chi connectivity index (χ1v) is 17.9. The van der Waals surface area contributed by atoms with Gasteiger partial charge in [0.05, 0.1) is 49.1 Å². The second kappa shape index (κ2) is 16.5. The maximum absolute atomic E-state index is 13.6. The van der Waals surface area contributed by atoms with Gasteiger partial charge in [-0.1, -0.05) is 61.0 Å². The number of nitrogens with one attached hydrogen (secondary N) is 4. The number of carboxylic acids is 1. The Hall–Kier alpha value is -4.47. The van der Waals surface area contributed by atoms with Crippen LogP contribution in [0.2, 0.25) is 0 Å². The number of β-amino-alcohol motifs (C(OH)–C–C–N with tert-alkyl or cyclic N) is 1. The van der Waals surface area contributed by atoms with Gasteiger partial charge in [-0.3, -0.25) is 14.6 Å². The number of hydrogen-bond acceptors (Lipinski definition) is 10. The molecule has 0 aliphatic carbocycles. The number of aliphatic imine (C=N–C) groups is 1. The molecule has 4 aromatic rings. The molecule has 5 rings (SSSR count). The summed E-state index contributed by atoms with van der Waals surface area (Å²) in [4.78, 5) is 33.9. The lowest BCUT2D eigenvalue weighted by molar-refractivity contribution is -0.144. The van der Waals surface area contributed by atoms with Crippen LogP contribution in [0.5, 0.6) is 5.75 Å². The summed E-state index contributed by atoms with van der Waals surface area (Å²) in [5.74, 6) is -2.79. The summed E-state index contributed by atoms with van der Waals surface area (Å²) in [6.07, 6.45) is -3.61. The van der Waals surface area contributed by atoms with E-state index in [0.29, 0.717) is 56.0 Å². The molecule has 2 heterocycles. The normalized spacial score (nSPS) is 17.1. The van der Waals surface area contributed by atoms with E-state index in [1.165, 1.54) is 12.1 Å². The number of carbonyl (C=O) groups is 2. The Bertz CT molecular complexity index is 1940. The number of nitrogens with zero attached hydrogens (tertiary/aromatic N) is 1. The monoisotopic (exact) mass is 779 g/mol. The number of benzene rings is 3. The van der Waals surface area contributed by atoms with E-state index in [1.807, 2.05) is 39.0 Å².